The van der Waals surface area contributed by atoms with Crippen LogP contribution < -0.4 is 10.6 Å². The van der Waals surface area contributed by atoms with Crippen LogP contribution in [0.4, 0.5) is 15.3 Å². The molecule has 32 heavy (non-hydrogen) atoms. The number of anilines is 1. The van der Waals surface area contributed by atoms with Crippen molar-refractivity contribution in [2.45, 2.75) is 71.9 Å². The van der Waals surface area contributed by atoms with Gasteiger partial charge in [-0.2, -0.15) is 0 Å². The van der Waals surface area contributed by atoms with Gasteiger partial charge in [0.1, 0.15) is 11.3 Å². The summed E-state index contributed by atoms with van der Waals surface area (Å²) in [5.74, 6) is 0.362. The lowest BCUT2D eigenvalue weighted by Crippen LogP contribution is -2.53. The summed E-state index contributed by atoms with van der Waals surface area (Å²) in [6, 6.07) is 4.66. The molecule has 0 unspecified atom stereocenters. The van der Waals surface area contributed by atoms with Crippen LogP contribution in [0, 0.1) is 6.92 Å². The second-order valence-electron chi connectivity index (χ2n) is 9.30. The van der Waals surface area contributed by atoms with Crippen LogP contribution in [0.3, 0.4) is 0 Å². The largest absolute Gasteiger partial charge is 0.444 e. The van der Waals surface area contributed by atoms with E-state index in [9.17, 15) is 9.59 Å². The molecule has 0 aliphatic carbocycles. The van der Waals surface area contributed by atoms with Crippen molar-refractivity contribution in [3.05, 3.63) is 30.2 Å². The molecule has 1 aliphatic heterocycles. The molecule has 2 atom stereocenters. The highest BCUT2D eigenvalue weighted by Gasteiger charge is 2.49. The van der Waals surface area contributed by atoms with E-state index in [1.165, 1.54) is 6.39 Å². The third-order valence-corrected chi connectivity index (χ3v) is 5.08. The van der Waals surface area contributed by atoms with Gasteiger partial charge in [0.15, 0.2) is 0 Å². The van der Waals surface area contributed by atoms with Crippen LogP contribution in [0.2, 0.25) is 0 Å². The molecule has 174 valence electrons. The lowest BCUT2D eigenvalue weighted by atomic mass is 10.1. The van der Waals surface area contributed by atoms with E-state index in [4.69, 9.17) is 13.9 Å². The number of ether oxygens (including phenoxy) is 2. The smallest absolute Gasteiger partial charge is 0.412 e. The third-order valence-electron chi connectivity index (χ3n) is 5.08. The third kappa shape index (κ3) is 5.37. The average Bonchev–Trinajstić information content (AvgIpc) is 3.26. The number of aryl methyl sites for hydroxylation is 1. The summed E-state index contributed by atoms with van der Waals surface area (Å²) in [6.07, 6.45) is 0.472. The van der Waals surface area contributed by atoms with Crippen molar-refractivity contribution < 1.29 is 23.5 Å². The van der Waals surface area contributed by atoms with Crippen LogP contribution in [-0.4, -0.2) is 57.2 Å². The van der Waals surface area contributed by atoms with Crippen molar-refractivity contribution in [1.29, 1.82) is 0 Å². The van der Waals surface area contributed by atoms with Crippen LogP contribution in [-0.2, 0) is 9.47 Å². The number of hydrogen-bond donors (Lipinski definition) is 2. The van der Waals surface area contributed by atoms with Gasteiger partial charge in [-0.05, 0) is 66.2 Å². The maximum Gasteiger partial charge on any atom is 0.412 e. The average molecular weight is 446 g/mol. The number of nitrogens with zero attached hydrogens (tertiary/aromatic N) is 3. The van der Waals surface area contributed by atoms with Crippen LogP contribution >= 0.6 is 0 Å². The highest BCUT2D eigenvalue weighted by molar-refractivity contribution is 5.91. The Kier molecular flexibility index (Phi) is 6.45. The van der Waals surface area contributed by atoms with Gasteiger partial charge in [0, 0.05) is 17.8 Å². The van der Waals surface area contributed by atoms with Gasteiger partial charge in [0.2, 0.25) is 12.3 Å². The van der Waals surface area contributed by atoms with Gasteiger partial charge in [0.25, 0.3) is 0 Å². The summed E-state index contributed by atoms with van der Waals surface area (Å²) in [5.41, 5.74) is 0.671. The number of carbonyl (C=O) groups excluding carboxylic acids is 2. The first-order chi connectivity index (χ1) is 14.9. The Morgan fingerprint density at radius 3 is 2.62 bits per heavy atom. The Morgan fingerprint density at radius 1 is 1.28 bits per heavy atom. The van der Waals surface area contributed by atoms with Crippen molar-refractivity contribution in [3.8, 4) is 11.5 Å². The SMILES string of the molecule is Cc1ccc(-c2nnco2)cc1NC(=O)NC[C@H]1[C@H](C)OC(C)(C)N1C(=O)OC(C)(C)C. The molecule has 2 N–H and O–H groups in total. The molecule has 2 heterocycles. The van der Waals surface area contributed by atoms with Crippen molar-refractivity contribution >= 4 is 17.8 Å². The van der Waals surface area contributed by atoms with E-state index in [2.05, 4.69) is 20.8 Å². The first-order valence-corrected chi connectivity index (χ1v) is 10.5. The molecule has 10 heteroatoms. The predicted molar refractivity (Wildman–Crippen MR) is 118 cm³/mol. The highest BCUT2D eigenvalue weighted by Crippen LogP contribution is 2.33. The molecule has 1 aliphatic rings. The van der Waals surface area contributed by atoms with Gasteiger partial charge in [-0.3, -0.25) is 4.90 Å². The standard InChI is InChI=1S/C22H31N5O5/c1-13-8-9-15(18-26-24-12-30-18)10-16(13)25-19(28)23-11-17-14(2)31-22(6,7)27(17)20(29)32-21(3,4)5/h8-10,12,14,17H,11H2,1-7H3,(H2,23,25,28)/t14-,17-/m0/s1. The summed E-state index contributed by atoms with van der Waals surface area (Å²) in [7, 11) is 0. The highest BCUT2D eigenvalue weighted by atomic mass is 16.6. The second kappa shape index (κ2) is 8.78. The summed E-state index contributed by atoms with van der Waals surface area (Å²) in [6.45, 7) is 13.0. The molecular weight excluding hydrogens is 414 g/mol. The lowest BCUT2D eigenvalue weighted by molar-refractivity contribution is -0.0756. The van der Waals surface area contributed by atoms with Crippen LogP contribution in [0.15, 0.2) is 29.0 Å². The fourth-order valence-electron chi connectivity index (χ4n) is 3.68. The van der Waals surface area contributed by atoms with E-state index in [-0.39, 0.29) is 12.6 Å². The number of nitrogens with one attached hydrogen (secondary N) is 2. The monoisotopic (exact) mass is 445 g/mol. The molecule has 0 bridgehead atoms. The van der Waals surface area contributed by atoms with E-state index in [1.54, 1.807) is 24.8 Å². The quantitative estimate of drug-likeness (QED) is 0.732. The lowest BCUT2D eigenvalue weighted by Gasteiger charge is -2.35. The zero-order valence-corrected chi connectivity index (χ0v) is 19.6. The molecule has 1 aromatic carbocycles. The number of amides is 3. The van der Waals surface area contributed by atoms with Crippen LogP contribution in [0.1, 0.15) is 47.1 Å². The topological polar surface area (TPSA) is 119 Å². The van der Waals surface area contributed by atoms with Gasteiger partial charge in [-0.25, -0.2) is 9.59 Å². The van der Waals surface area contributed by atoms with E-state index in [0.717, 1.165) is 5.56 Å². The summed E-state index contributed by atoms with van der Waals surface area (Å²) >= 11 is 0. The van der Waals surface area contributed by atoms with Gasteiger partial charge in [0.05, 0.1) is 12.1 Å². The van der Waals surface area contributed by atoms with Crippen molar-refractivity contribution in [3.63, 3.8) is 0 Å². The van der Waals surface area contributed by atoms with Crippen molar-refractivity contribution in [1.82, 2.24) is 20.4 Å². The minimum atomic E-state index is -0.862. The maximum atomic E-state index is 12.8. The fraction of sp³-hybridized carbons (Fsp3) is 0.545. The Bertz CT molecular complexity index is 968. The molecule has 1 aromatic heterocycles. The molecule has 1 fully saturated rings. The predicted octanol–water partition coefficient (Wildman–Crippen LogP) is 3.93. The molecule has 0 spiro atoms. The molecule has 3 amide bonds. The summed E-state index contributed by atoms with van der Waals surface area (Å²) < 4.78 is 16.7. The Labute approximate surface area is 187 Å². The number of rotatable bonds is 4. The normalized spacial score (nSPS) is 20.2. The van der Waals surface area contributed by atoms with E-state index in [0.29, 0.717) is 17.1 Å². The molecule has 1 saturated heterocycles. The molecule has 2 aromatic rings. The van der Waals surface area contributed by atoms with Gasteiger partial charge >= 0.3 is 12.1 Å². The van der Waals surface area contributed by atoms with E-state index in [1.807, 2.05) is 46.8 Å². The summed E-state index contributed by atoms with van der Waals surface area (Å²) in [5, 5.41) is 13.2. The Morgan fingerprint density at radius 2 is 2.00 bits per heavy atom. The zero-order valence-electron chi connectivity index (χ0n) is 19.6. The summed E-state index contributed by atoms with van der Waals surface area (Å²) in [4.78, 5) is 27.0. The van der Waals surface area contributed by atoms with Crippen molar-refractivity contribution in [2.75, 3.05) is 11.9 Å². The molecule has 0 saturated carbocycles. The molecular formula is C22H31N5O5. The number of urea groups is 1. The number of hydrogen-bond acceptors (Lipinski definition) is 7. The minimum absolute atomic E-state index is 0.193. The Balaban J connectivity index is 1.68. The maximum absolute atomic E-state index is 12.8. The zero-order chi connectivity index (χ0) is 23.7. The Hall–Kier alpha value is -3.14. The fourth-order valence-corrected chi connectivity index (χ4v) is 3.68. The van der Waals surface area contributed by atoms with Crippen LogP contribution in [0.25, 0.3) is 11.5 Å². The molecule has 3 rings (SSSR count). The van der Waals surface area contributed by atoms with E-state index >= 15 is 0 Å². The second-order valence-corrected chi connectivity index (χ2v) is 9.30. The van der Waals surface area contributed by atoms with Crippen molar-refractivity contribution in [2.24, 2.45) is 0 Å². The minimum Gasteiger partial charge on any atom is -0.444 e. The first kappa shape index (κ1) is 23.5. The van der Waals surface area contributed by atoms with Gasteiger partial charge in [-0.15, -0.1) is 10.2 Å². The molecule has 0 radical (unpaired) electrons. The number of aromatic nitrogens is 2. The van der Waals surface area contributed by atoms with E-state index < -0.39 is 29.5 Å². The number of benzene rings is 1. The molecule has 10 nitrogen and oxygen atoms in total. The van der Waals surface area contributed by atoms with Gasteiger partial charge < -0.3 is 24.5 Å². The number of carbonyl (C=O) groups is 2. The van der Waals surface area contributed by atoms with Crippen LogP contribution in [0.5, 0.6) is 0 Å². The van der Waals surface area contributed by atoms with Gasteiger partial charge in [-0.1, -0.05) is 6.07 Å². The first-order valence-electron chi connectivity index (χ1n) is 10.5.